The maximum Gasteiger partial charge on any atom is 0.416 e. The first-order chi connectivity index (χ1) is 14.6. The Labute approximate surface area is 183 Å². The van der Waals surface area contributed by atoms with Gasteiger partial charge in [-0.05, 0) is 42.3 Å². The van der Waals surface area contributed by atoms with E-state index in [1.165, 1.54) is 30.2 Å². The lowest BCUT2D eigenvalue weighted by Crippen LogP contribution is -2.63. The Balaban J connectivity index is 2.09. The molecule has 0 spiro atoms. The molecule has 5 nitrogen and oxygen atoms in total. The van der Waals surface area contributed by atoms with Crippen molar-refractivity contribution in [3.8, 4) is 5.75 Å². The maximum absolute atomic E-state index is 14.4. The SMILES string of the molecule is CCCC(=O)CC1(C(F)(F)F)NC(=O)N(Cc2ccc(OC)cc2)c2ccc(Cl)cc21. The number of methoxy groups -OCH3 is 1. The highest BCUT2D eigenvalue weighted by Gasteiger charge is 2.61. The van der Waals surface area contributed by atoms with Crippen molar-refractivity contribution in [3.05, 3.63) is 58.6 Å². The van der Waals surface area contributed by atoms with Crippen LogP contribution in [-0.2, 0) is 16.9 Å². The lowest BCUT2D eigenvalue weighted by Gasteiger charge is -2.44. The highest BCUT2D eigenvalue weighted by molar-refractivity contribution is 6.30. The van der Waals surface area contributed by atoms with E-state index in [0.29, 0.717) is 17.7 Å². The van der Waals surface area contributed by atoms with Crippen LogP contribution in [0.2, 0.25) is 5.02 Å². The summed E-state index contributed by atoms with van der Waals surface area (Å²) in [4.78, 5) is 26.4. The molecule has 1 aliphatic heterocycles. The molecular formula is C22H22ClF3N2O3. The number of amides is 2. The Hall–Kier alpha value is -2.74. The summed E-state index contributed by atoms with van der Waals surface area (Å²) < 4.78 is 48.2. The minimum Gasteiger partial charge on any atom is -0.497 e. The Morgan fingerprint density at radius 3 is 2.45 bits per heavy atom. The van der Waals surface area contributed by atoms with Gasteiger partial charge in [-0.3, -0.25) is 9.69 Å². The lowest BCUT2D eigenvalue weighted by molar-refractivity contribution is -0.200. The number of urea groups is 1. The lowest BCUT2D eigenvalue weighted by atomic mass is 9.80. The fraction of sp³-hybridized carbons (Fsp3) is 0.364. The molecule has 0 fully saturated rings. The van der Waals surface area contributed by atoms with E-state index in [1.54, 1.807) is 31.2 Å². The van der Waals surface area contributed by atoms with Gasteiger partial charge in [0, 0.05) is 23.4 Å². The molecule has 9 heteroatoms. The average Bonchev–Trinajstić information content (AvgIpc) is 2.70. The van der Waals surface area contributed by atoms with Gasteiger partial charge in [0.2, 0.25) is 0 Å². The highest BCUT2D eigenvalue weighted by atomic mass is 35.5. The Morgan fingerprint density at radius 2 is 1.87 bits per heavy atom. The molecule has 166 valence electrons. The topological polar surface area (TPSA) is 58.6 Å². The maximum atomic E-state index is 14.4. The molecule has 1 N–H and O–H groups in total. The third kappa shape index (κ3) is 4.49. The molecule has 0 aliphatic carbocycles. The van der Waals surface area contributed by atoms with Crippen LogP contribution in [0, 0.1) is 0 Å². The fourth-order valence-corrected chi connectivity index (χ4v) is 3.88. The number of benzene rings is 2. The Bertz CT molecular complexity index is 979. The summed E-state index contributed by atoms with van der Waals surface area (Å²) in [5, 5.41) is 2.17. The minimum absolute atomic E-state index is 0.0147. The number of ketones is 1. The van der Waals surface area contributed by atoms with E-state index in [4.69, 9.17) is 16.3 Å². The molecule has 31 heavy (non-hydrogen) atoms. The molecule has 1 heterocycles. The van der Waals surface area contributed by atoms with E-state index >= 15 is 0 Å². The zero-order chi connectivity index (χ0) is 22.8. The number of hydrogen-bond donors (Lipinski definition) is 1. The third-order valence-corrected chi connectivity index (χ3v) is 5.48. The number of rotatable bonds is 7. The van der Waals surface area contributed by atoms with Crippen molar-refractivity contribution in [3.63, 3.8) is 0 Å². The van der Waals surface area contributed by atoms with Gasteiger partial charge in [0.15, 0.2) is 5.54 Å². The standard InChI is InChI=1S/C22H22ClF3N2O3/c1-3-4-16(29)12-21(22(24,25)26)18-11-15(23)7-10-19(18)28(20(30)27-21)13-14-5-8-17(31-2)9-6-14/h5-11H,3-4,12-13H2,1-2H3,(H,27,30). The molecule has 2 amide bonds. The van der Waals surface area contributed by atoms with Crippen LogP contribution in [0.15, 0.2) is 42.5 Å². The van der Waals surface area contributed by atoms with Crippen molar-refractivity contribution < 1.29 is 27.5 Å². The zero-order valence-electron chi connectivity index (χ0n) is 17.1. The molecule has 2 aromatic rings. The quantitative estimate of drug-likeness (QED) is 0.592. The van der Waals surface area contributed by atoms with Crippen LogP contribution < -0.4 is 15.0 Å². The van der Waals surface area contributed by atoms with Crippen molar-refractivity contribution in [2.75, 3.05) is 12.0 Å². The van der Waals surface area contributed by atoms with Gasteiger partial charge in [0.05, 0.1) is 19.3 Å². The average molecular weight is 455 g/mol. The number of carbonyl (C=O) groups is 2. The molecule has 1 atom stereocenters. The zero-order valence-corrected chi connectivity index (χ0v) is 17.8. The Morgan fingerprint density at radius 1 is 1.19 bits per heavy atom. The van der Waals surface area contributed by atoms with Crippen molar-refractivity contribution in [1.82, 2.24) is 5.32 Å². The minimum atomic E-state index is -4.91. The first kappa shape index (κ1) is 22.9. The number of halogens is 4. The smallest absolute Gasteiger partial charge is 0.416 e. The predicted molar refractivity (Wildman–Crippen MR) is 111 cm³/mol. The van der Waals surface area contributed by atoms with Crippen LogP contribution in [0.25, 0.3) is 0 Å². The number of fused-ring (bicyclic) bond motifs is 1. The number of nitrogens with zero attached hydrogens (tertiary/aromatic N) is 1. The largest absolute Gasteiger partial charge is 0.497 e. The fourth-order valence-electron chi connectivity index (χ4n) is 3.71. The molecule has 1 aliphatic rings. The first-order valence-corrected chi connectivity index (χ1v) is 10.1. The summed E-state index contributed by atoms with van der Waals surface area (Å²) in [5.74, 6) is 0.0270. The van der Waals surface area contributed by atoms with Crippen molar-refractivity contribution >= 4 is 29.1 Å². The second kappa shape index (κ2) is 8.78. The van der Waals surface area contributed by atoms with Crippen LogP contribution in [0.3, 0.4) is 0 Å². The van der Waals surface area contributed by atoms with Crippen molar-refractivity contribution in [2.24, 2.45) is 0 Å². The van der Waals surface area contributed by atoms with Gasteiger partial charge in [0.1, 0.15) is 11.5 Å². The van der Waals surface area contributed by atoms with Crippen LogP contribution in [0.1, 0.15) is 37.3 Å². The highest BCUT2D eigenvalue weighted by Crippen LogP contribution is 2.49. The molecule has 0 bridgehead atoms. The van der Waals surface area contributed by atoms with E-state index < -0.39 is 30.0 Å². The molecule has 0 aromatic heterocycles. The summed E-state index contributed by atoms with van der Waals surface area (Å²) >= 11 is 6.03. The van der Waals surface area contributed by atoms with E-state index in [0.717, 1.165) is 0 Å². The second-order valence-corrected chi connectivity index (χ2v) is 7.83. The van der Waals surface area contributed by atoms with Crippen molar-refractivity contribution in [1.29, 1.82) is 0 Å². The number of alkyl halides is 3. The molecule has 0 saturated heterocycles. The van der Waals surface area contributed by atoms with Crippen molar-refractivity contribution in [2.45, 2.75) is 44.4 Å². The summed E-state index contributed by atoms with van der Waals surface area (Å²) in [5.41, 5.74) is -2.33. The van der Waals surface area contributed by atoms with E-state index in [-0.39, 0.29) is 29.2 Å². The number of ether oxygens (including phenoxy) is 1. The number of carbonyl (C=O) groups excluding carboxylic acids is 2. The number of Topliss-reactive ketones (excluding diaryl/α,β-unsaturated/α-hetero) is 1. The third-order valence-electron chi connectivity index (χ3n) is 5.25. The van der Waals surface area contributed by atoms with E-state index in [2.05, 4.69) is 5.32 Å². The van der Waals surface area contributed by atoms with Crippen LogP contribution >= 0.6 is 11.6 Å². The number of hydrogen-bond acceptors (Lipinski definition) is 3. The van der Waals surface area contributed by atoms with Gasteiger partial charge >= 0.3 is 12.2 Å². The van der Waals surface area contributed by atoms with Gasteiger partial charge < -0.3 is 10.1 Å². The normalized spacial score (nSPS) is 18.4. The Kier molecular flexibility index (Phi) is 6.50. The molecule has 2 aromatic carbocycles. The summed E-state index contributed by atoms with van der Waals surface area (Å²) in [6.07, 6.45) is -5.40. The first-order valence-electron chi connectivity index (χ1n) is 9.72. The number of nitrogens with one attached hydrogen (secondary N) is 1. The second-order valence-electron chi connectivity index (χ2n) is 7.39. The van der Waals surface area contributed by atoms with Gasteiger partial charge in [-0.25, -0.2) is 4.79 Å². The van der Waals surface area contributed by atoms with Crippen LogP contribution in [0.5, 0.6) is 5.75 Å². The molecule has 3 rings (SSSR count). The summed E-state index contributed by atoms with van der Waals surface area (Å²) in [7, 11) is 1.52. The molecule has 0 saturated carbocycles. The van der Waals surface area contributed by atoms with Crippen LogP contribution in [0.4, 0.5) is 23.7 Å². The number of anilines is 1. The predicted octanol–water partition coefficient (Wildman–Crippen LogP) is 5.60. The van der Waals surface area contributed by atoms with E-state index in [1.807, 2.05) is 0 Å². The summed E-state index contributed by atoms with van der Waals surface area (Å²) in [6.45, 7) is 1.74. The molecular weight excluding hydrogens is 433 g/mol. The van der Waals surface area contributed by atoms with Gasteiger partial charge in [-0.2, -0.15) is 13.2 Å². The van der Waals surface area contributed by atoms with Crippen LogP contribution in [-0.4, -0.2) is 25.1 Å². The summed E-state index contributed by atoms with van der Waals surface area (Å²) in [6, 6.07) is 9.87. The molecule has 0 radical (unpaired) electrons. The molecule has 1 unspecified atom stereocenters. The van der Waals surface area contributed by atoms with Gasteiger partial charge in [-0.15, -0.1) is 0 Å². The van der Waals surface area contributed by atoms with Gasteiger partial charge in [-0.1, -0.05) is 30.7 Å². The van der Waals surface area contributed by atoms with Gasteiger partial charge in [0.25, 0.3) is 0 Å². The monoisotopic (exact) mass is 454 g/mol. The van der Waals surface area contributed by atoms with E-state index in [9.17, 15) is 22.8 Å².